The van der Waals surface area contributed by atoms with E-state index >= 15 is 0 Å². The van der Waals surface area contributed by atoms with E-state index < -0.39 is 59.1 Å². The first-order chi connectivity index (χ1) is 50.9. The minimum absolute atomic E-state index is 0.000811. The minimum atomic E-state index is -3.54. The van der Waals surface area contributed by atoms with Crippen LogP contribution < -0.4 is 67.5 Å². The molecule has 0 spiro atoms. The number of ether oxygens (including phenoxy) is 1. The van der Waals surface area contributed by atoms with Crippen LogP contribution in [0.25, 0.3) is 60.9 Å². The van der Waals surface area contributed by atoms with Gasteiger partial charge in [0.25, 0.3) is 6.71 Å². The maximum absolute atomic E-state index is 9.63. The molecular weight excluding hydrogens is 1190 g/mol. The molecule has 0 aliphatic carbocycles. The summed E-state index contributed by atoms with van der Waals surface area (Å²) in [6, 6.07) is 117. The Labute approximate surface area is 574 Å². The highest BCUT2D eigenvalue weighted by molar-refractivity contribution is 7.21. The van der Waals surface area contributed by atoms with Gasteiger partial charge < -0.3 is 14.2 Å². The fourth-order valence-corrected chi connectivity index (χ4v) is 25.3. The molecule has 6 heteroatoms. The van der Waals surface area contributed by atoms with E-state index in [4.69, 9.17) is 10.2 Å². The van der Waals surface area contributed by atoms with Crippen molar-refractivity contribution < 1.29 is 15.7 Å². The summed E-state index contributed by atoms with van der Waals surface area (Å²) in [6.45, 7) is -0.533. The number of fused-ring (bicyclic) bond motifs is 7. The van der Waals surface area contributed by atoms with Gasteiger partial charge in [0.1, 0.15) is 11.5 Å². The molecule has 0 unspecified atom stereocenters. The van der Waals surface area contributed by atoms with E-state index in [2.05, 4.69) is 326 Å². The fraction of sp³-hybridized carbons (Fsp3) is 0. The smallest absolute Gasteiger partial charge is 0.256 e. The van der Waals surface area contributed by atoms with Crippen molar-refractivity contribution in [2.45, 2.75) is 0 Å². The molecule has 2 aliphatic rings. The number of aromatic nitrogens is 1. The first-order valence-corrected chi connectivity index (χ1v) is 36.6. The highest BCUT2D eigenvalue weighted by atomic mass is 28.3. The van der Waals surface area contributed by atoms with Crippen LogP contribution in [0.5, 0.6) is 11.5 Å². The number of nitrogens with zero attached hydrogens (tertiary/aromatic N) is 2. The van der Waals surface area contributed by atoms with Gasteiger partial charge in [0.2, 0.25) is 0 Å². The normalized spacial score (nSPS) is 13.6. The summed E-state index contributed by atoms with van der Waals surface area (Å²) < 4.78 is 83.6. The van der Waals surface area contributed by atoms with E-state index in [1.165, 1.54) is 15.6 Å². The van der Waals surface area contributed by atoms with Crippen molar-refractivity contribution in [3.05, 3.63) is 382 Å². The summed E-state index contributed by atoms with van der Waals surface area (Å²) in [5.41, 5.74) is 12.6. The maximum Gasteiger partial charge on any atom is 0.256 e. The zero-order chi connectivity index (χ0) is 70.5. The SMILES string of the molecule is [2H]c1c([2H])c([2H])c2c(c1[2H])c1c([2H])c([2H])c([2H])c([2H])c1n2-c1ccc2c(c1)Oc1cc([Si](c3ccccc3)(c3ccccc3)c3cccc(-c4ccccc4)c3)cc3c1B2c1cc([Si](c2ccccc2)(c2ccccc2)c2cccc(-c4ccccc4)c2)ccc1N3c1ccccc1-c1ccccc1. The van der Waals surface area contributed by atoms with Crippen molar-refractivity contribution in [2.24, 2.45) is 0 Å². The first kappa shape index (κ1) is 48.9. The lowest BCUT2D eigenvalue weighted by atomic mass is 9.34. The third-order valence-electron chi connectivity index (χ3n) is 19.8. The molecule has 0 bridgehead atoms. The van der Waals surface area contributed by atoms with Crippen LogP contribution in [0.15, 0.2) is 382 Å². The Kier molecular flexibility index (Phi) is 12.0. The summed E-state index contributed by atoms with van der Waals surface area (Å²) in [4.78, 5) is 2.49. The maximum atomic E-state index is 9.63. The molecule has 96 heavy (non-hydrogen) atoms. The standard InChI is InChI=1S/C90H63BN2OSi2/c1-8-30-64(31-9-1)67-36-28-46-74(58-67)95(70-38-14-4-15-39-70,71-40-16-5-17-41-71)76-55-57-86-82(61-76)91-81-56-54-69(92-84-52-26-23-49-79(84)80-50-24-27-53-85(80)92)60-88(81)94-89-63-77(62-87(90(89)91)93(86)83-51-25-22-48-78(83)66-34-12-3-13-35-66)96(72-42-18-6-19-43-72,73-44-20-7-21-45-73)75-47-29-37-68(59-75)65-32-10-2-11-33-65/h1-63H/i23D,24D,26D,27D,49D,50D,52D,53D. The second-order valence-electron chi connectivity index (χ2n) is 24.8. The molecule has 0 radical (unpaired) electrons. The third-order valence-corrected chi connectivity index (χ3v) is 29.3. The summed E-state index contributed by atoms with van der Waals surface area (Å²) >= 11 is 0. The summed E-state index contributed by atoms with van der Waals surface area (Å²) in [5, 5.41) is 9.34. The fourth-order valence-electron chi connectivity index (χ4n) is 15.7. The first-order valence-electron chi connectivity index (χ1n) is 36.6. The van der Waals surface area contributed by atoms with Gasteiger partial charge in [-0.25, -0.2) is 0 Å². The summed E-state index contributed by atoms with van der Waals surface area (Å²) in [5.74, 6) is 1.09. The lowest BCUT2D eigenvalue weighted by Crippen LogP contribution is -2.75. The Morgan fingerprint density at radius 1 is 0.292 bits per heavy atom. The number of hydrogen-bond acceptors (Lipinski definition) is 2. The summed E-state index contributed by atoms with van der Waals surface area (Å²) in [6.07, 6.45) is 0. The van der Waals surface area contributed by atoms with Crippen molar-refractivity contribution in [3.63, 3.8) is 0 Å². The van der Waals surface area contributed by atoms with Gasteiger partial charge in [-0.05, 0) is 128 Å². The molecule has 2 aliphatic heterocycles. The quantitative estimate of drug-likeness (QED) is 0.0846. The molecule has 450 valence electrons. The molecule has 1 aromatic heterocycles. The molecule has 0 atom stereocenters. The minimum Gasteiger partial charge on any atom is -0.458 e. The summed E-state index contributed by atoms with van der Waals surface area (Å²) in [7, 11) is -6.93. The molecule has 16 aromatic rings. The topological polar surface area (TPSA) is 17.4 Å². The van der Waals surface area contributed by atoms with Crippen LogP contribution >= 0.6 is 0 Å². The van der Waals surface area contributed by atoms with Crippen LogP contribution in [0.3, 0.4) is 0 Å². The van der Waals surface area contributed by atoms with Crippen molar-refractivity contribution >= 4 is 120 Å². The molecule has 3 heterocycles. The number of benzene rings is 15. The van der Waals surface area contributed by atoms with Gasteiger partial charge in [-0.3, -0.25) is 0 Å². The van der Waals surface area contributed by atoms with Crippen molar-refractivity contribution in [3.8, 4) is 50.6 Å². The molecule has 0 amide bonds. The number of anilines is 3. The van der Waals surface area contributed by atoms with Crippen molar-refractivity contribution in [1.29, 1.82) is 0 Å². The van der Waals surface area contributed by atoms with E-state index in [1.54, 1.807) is 4.57 Å². The highest BCUT2D eigenvalue weighted by Gasteiger charge is 2.49. The number of hydrogen-bond donors (Lipinski definition) is 0. The van der Waals surface area contributed by atoms with E-state index in [1.807, 2.05) is 12.1 Å². The van der Waals surface area contributed by atoms with Gasteiger partial charge in [0, 0.05) is 39.5 Å². The van der Waals surface area contributed by atoms with Crippen LogP contribution in [-0.2, 0) is 0 Å². The number of rotatable bonds is 13. The largest absolute Gasteiger partial charge is 0.458 e. The molecule has 18 rings (SSSR count). The zero-order valence-electron chi connectivity index (χ0n) is 60.1. The predicted molar refractivity (Wildman–Crippen MR) is 410 cm³/mol. The van der Waals surface area contributed by atoms with Gasteiger partial charge in [-0.15, -0.1) is 0 Å². The Morgan fingerprint density at radius 2 is 0.729 bits per heavy atom. The van der Waals surface area contributed by atoms with Crippen LogP contribution in [-0.4, -0.2) is 27.4 Å². The Bertz CT molecular complexity index is 5920. The van der Waals surface area contributed by atoms with Crippen LogP contribution in [0.2, 0.25) is 0 Å². The van der Waals surface area contributed by atoms with E-state index in [-0.39, 0.29) is 33.9 Å². The third kappa shape index (κ3) is 9.16. The van der Waals surface area contributed by atoms with E-state index in [0.717, 1.165) is 92.8 Å². The van der Waals surface area contributed by atoms with E-state index in [9.17, 15) is 5.48 Å². The Hall–Kier alpha value is -11.8. The van der Waals surface area contributed by atoms with Crippen molar-refractivity contribution in [1.82, 2.24) is 4.57 Å². The number of para-hydroxylation sites is 3. The molecular formula is C90H63BN2OSi2. The molecule has 0 saturated carbocycles. The Balaban J connectivity index is 0.990. The Morgan fingerprint density at radius 3 is 1.26 bits per heavy atom. The average molecular weight is 1260 g/mol. The lowest BCUT2D eigenvalue weighted by molar-refractivity contribution is 0.487. The van der Waals surface area contributed by atoms with Gasteiger partial charge in [-0.1, -0.05) is 334 Å². The van der Waals surface area contributed by atoms with Gasteiger partial charge in [0.05, 0.1) is 27.7 Å². The second-order valence-corrected chi connectivity index (χ2v) is 32.4. The lowest BCUT2D eigenvalue weighted by Gasteiger charge is -2.43. The average Bonchev–Trinajstić information content (AvgIpc) is 0.904. The van der Waals surface area contributed by atoms with Gasteiger partial charge in [0.15, 0.2) is 16.1 Å². The molecule has 3 nitrogen and oxygen atoms in total. The van der Waals surface area contributed by atoms with Crippen molar-refractivity contribution in [2.75, 3.05) is 4.90 Å². The second kappa shape index (κ2) is 23.6. The predicted octanol–water partition coefficient (Wildman–Crippen LogP) is 14.9. The molecule has 0 fully saturated rings. The highest BCUT2D eigenvalue weighted by Crippen LogP contribution is 2.45. The van der Waals surface area contributed by atoms with Gasteiger partial charge >= 0.3 is 0 Å². The molecule has 0 saturated heterocycles. The molecule has 15 aromatic carbocycles. The molecule has 0 N–H and O–H groups in total. The monoisotopic (exact) mass is 1260 g/mol. The van der Waals surface area contributed by atoms with Crippen LogP contribution in [0.1, 0.15) is 11.0 Å². The zero-order valence-corrected chi connectivity index (χ0v) is 54.1. The van der Waals surface area contributed by atoms with Crippen LogP contribution in [0.4, 0.5) is 17.1 Å². The van der Waals surface area contributed by atoms with Crippen LogP contribution in [0, 0.1) is 0 Å². The van der Waals surface area contributed by atoms with Gasteiger partial charge in [-0.2, -0.15) is 0 Å². The van der Waals surface area contributed by atoms with E-state index in [0.29, 0.717) is 17.2 Å².